The number of ether oxygens (including phenoxy) is 1. The number of Topliss-reactive ketones (excluding diaryl/α,β-unsaturated/α-hetero) is 1. The van der Waals surface area contributed by atoms with Crippen molar-refractivity contribution in [3.8, 4) is 0 Å². The van der Waals surface area contributed by atoms with Gasteiger partial charge in [-0.05, 0) is 31.0 Å². The second-order valence-corrected chi connectivity index (χ2v) is 8.35. The summed E-state index contributed by atoms with van der Waals surface area (Å²) in [7, 11) is 0. The molecular formula is C22H23NO4S. The van der Waals surface area contributed by atoms with Crippen molar-refractivity contribution in [1.29, 1.82) is 0 Å². The molecule has 1 N–H and O–H groups in total. The highest BCUT2D eigenvalue weighted by atomic mass is 32.2. The number of fused-ring (bicyclic) bond motifs is 1. The van der Waals surface area contributed by atoms with Crippen LogP contribution in [0.3, 0.4) is 0 Å². The van der Waals surface area contributed by atoms with Crippen LogP contribution in [0, 0.1) is 0 Å². The highest BCUT2D eigenvalue weighted by Gasteiger charge is 2.24. The first kappa shape index (κ1) is 18.9. The average Bonchev–Trinajstić information content (AvgIpc) is 3.39. The van der Waals surface area contributed by atoms with Gasteiger partial charge in [-0.15, -0.1) is 0 Å². The van der Waals surface area contributed by atoms with Gasteiger partial charge in [-0.3, -0.25) is 4.79 Å². The fourth-order valence-corrected chi connectivity index (χ4v) is 4.97. The zero-order valence-electron chi connectivity index (χ0n) is 15.6. The summed E-state index contributed by atoms with van der Waals surface area (Å²) >= 11 is 1.88. The summed E-state index contributed by atoms with van der Waals surface area (Å²) in [6.45, 7) is -0.314. The van der Waals surface area contributed by atoms with Crippen molar-refractivity contribution in [3.63, 3.8) is 0 Å². The molecule has 0 aliphatic heterocycles. The lowest BCUT2D eigenvalue weighted by Gasteiger charge is -2.20. The predicted molar refractivity (Wildman–Crippen MR) is 110 cm³/mol. The number of rotatable bonds is 7. The minimum absolute atomic E-state index is 0.212. The van der Waals surface area contributed by atoms with Gasteiger partial charge in [-0.25, -0.2) is 4.79 Å². The fourth-order valence-electron chi connectivity index (χ4n) is 3.62. The third-order valence-electron chi connectivity index (χ3n) is 5.13. The molecule has 6 heteroatoms. The van der Waals surface area contributed by atoms with Crippen molar-refractivity contribution in [1.82, 2.24) is 4.98 Å². The second-order valence-electron chi connectivity index (χ2n) is 7.06. The molecule has 28 heavy (non-hydrogen) atoms. The fraction of sp³-hybridized carbons (Fsp3) is 0.364. The number of aromatic nitrogens is 1. The number of thioether (sulfide) groups is 1. The number of furan rings is 1. The first-order valence-electron chi connectivity index (χ1n) is 9.68. The summed E-state index contributed by atoms with van der Waals surface area (Å²) < 4.78 is 11.1. The number of benzene rings is 1. The Morgan fingerprint density at radius 2 is 1.93 bits per heavy atom. The molecule has 0 unspecified atom stereocenters. The summed E-state index contributed by atoms with van der Waals surface area (Å²) in [5.41, 5.74) is 1.96. The van der Waals surface area contributed by atoms with E-state index in [0.717, 1.165) is 10.9 Å². The molecule has 0 bridgehead atoms. The molecule has 1 fully saturated rings. The maximum absolute atomic E-state index is 12.7. The van der Waals surface area contributed by atoms with Crippen molar-refractivity contribution in [2.75, 3.05) is 6.61 Å². The van der Waals surface area contributed by atoms with Crippen molar-refractivity contribution in [2.24, 2.45) is 0 Å². The Bertz CT molecular complexity index is 954. The monoisotopic (exact) mass is 397 g/mol. The molecule has 2 heterocycles. The molecule has 0 radical (unpaired) electrons. The van der Waals surface area contributed by atoms with E-state index in [2.05, 4.69) is 4.98 Å². The molecule has 3 aromatic rings. The van der Waals surface area contributed by atoms with E-state index in [1.54, 1.807) is 18.3 Å². The predicted octanol–water partition coefficient (Wildman–Crippen LogP) is 5.37. The highest BCUT2D eigenvalue weighted by molar-refractivity contribution is 7.99. The first-order chi connectivity index (χ1) is 13.7. The van der Waals surface area contributed by atoms with Gasteiger partial charge >= 0.3 is 5.97 Å². The zero-order chi connectivity index (χ0) is 19.3. The highest BCUT2D eigenvalue weighted by Crippen LogP contribution is 2.35. The van der Waals surface area contributed by atoms with Crippen LogP contribution in [0.1, 0.15) is 58.7 Å². The van der Waals surface area contributed by atoms with Gasteiger partial charge in [-0.1, -0.05) is 37.5 Å². The molecule has 1 aliphatic rings. The standard InChI is InChI=1S/C22H23NO4S/c24-19(18-10-6-12-23-18)13-26-22(25)21-17(14-28-15-7-2-1-3-8-15)16-9-4-5-11-20(16)27-21/h4-6,9-12,15,23H,1-3,7-8,13-14H2. The first-order valence-corrected chi connectivity index (χ1v) is 10.7. The van der Waals surface area contributed by atoms with E-state index >= 15 is 0 Å². The lowest BCUT2D eigenvalue weighted by atomic mass is 10.0. The van der Waals surface area contributed by atoms with E-state index in [0.29, 0.717) is 22.3 Å². The number of aromatic amines is 1. The summed E-state index contributed by atoms with van der Waals surface area (Å²) in [5, 5.41) is 1.56. The normalized spacial score (nSPS) is 15.0. The van der Waals surface area contributed by atoms with E-state index in [9.17, 15) is 9.59 Å². The molecule has 0 saturated heterocycles. The Hall–Kier alpha value is -2.47. The minimum Gasteiger partial charge on any atom is -0.451 e. The van der Waals surface area contributed by atoms with Crippen molar-refractivity contribution in [2.45, 2.75) is 43.1 Å². The lowest BCUT2D eigenvalue weighted by molar-refractivity contribution is 0.0444. The van der Waals surface area contributed by atoms with Crippen molar-refractivity contribution < 1.29 is 18.7 Å². The van der Waals surface area contributed by atoms with Gasteiger partial charge < -0.3 is 14.1 Å². The van der Waals surface area contributed by atoms with Crippen LogP contribution in [-0.4, -0.2) is 28.6 Å². The molecule has 4 rings (SSSR count). The lowest BCUT2D eigenvalue weighted by Crippen LogP contribution is -2.15. The van der Waals surface area contributed by atoms with Crippen LogP contribution in [-0.2, 0) is 10.5 Å². The van der Waals surface area contributed by atoms with Crippen LogP contribution in [0.2, 0.25) is 0 Å². The van der Waals surface area contributed by atoms with Crippen LogP contribution < -0.4 is 0 Å². The molecular weight excluding hydrogens is 374 g/mol. The molecule has 2 aromatic heterocycles. The van der Waals surface area contributed by atoms with Gasteiger partial charge in [0, 0.05) is 28.1 Å². The Kier molecular flexibility index (Phi) is 5.86. The summed E-state index contributed by atoms with van der Waals surface area (Å²) in [6.07, 6.45) is 7.99. The molecule has 1 aliphatic carbocycles. The SMILES string of the molecule is O=C(COC(=O)c1oc2ccccc2c1CSC1CCCCC1)c1ccc[nH]1. The Morgan fingerprint density at radius 1 is 1.11 bits per heavy atom. The topological polar surface area (TPSA) is 72.3 Å². The molecule has 1 saturated carbocycles. The molecule has 0 spiro atoms. The number of hydrogen-bond donors (Lipinski definition) is 1. The van der Waals surface area contributed by atoms with E-state index in [-0.39, 0.29) is 18.2 Å². The molecule has 146 valence electrons. The molecule has 0 atom stereocenters. The zero-order valence-corrected chi connectivity index (χ0v) is 16.4. The van der Waals surface area contributed by atoms with Crippen LogP contribution >= 0.6 is 11.8 Å². The van der Waals surface area contributed by atoms with E-state index in [1.807, 2.05) is 36.0 Å². The third kappa shape index (κ3) is 4.17. The maximum Gasteiger partial charge on any atom is 0.375 e. The van der Waals surface area contributed by atoms with Crippen LogP contribution in [0.5, 0.6) is 0 Å². The Labute approximate surface area is 167 Å². The molecule has 5 nitrogen and oxygen atoms in total. The van der Waals surface area contributed by atoms with E-state index < -0.39 is 5.97 Å². The second kappa shape index (κ2) is 8.69. The van der Waals surface area contributed by atoms with Gasteiger partial charge in [0.1, 0.15) is 5.58 Å². The van der Waals surface area contributed by atoms with Gasteiger partial charge in [0.25, 0.3) is 0 Å². The summed E-state index contributed by atoms with van der Waals surface area (Å²) in [5.74, 6) is 0.0585. The summed E-state index contributed by atoms with van der Waals surface area (Å²) in [4.78, 5) is 27.6. The van der Waals surface area contributed by atoms with Crippen LogP contribution in [0.4, 0.5) is 0 Å². The quantitative estimate of drug-likeness (QED) is 0.429. The van der Waals surface area contributed by atoms with Crippen molar-refractivity contribution >= 4 is 34.5 Å². The number of carbonyl (C=O) groups is 2. The average molecular weight is 397 g/mol. The van der Waals surface area contributed by atoms with Gasteiger partial charge in [0.05, 0.1) is 5.69 Å². The van der Waals surface area contributed by atoms with E-state index in [4.69, 9.17) is 9.15 Å². The maximum atomic E-state index is 12.7. The van der Waals surface area contributed by atoms with Crippen molar-refractivity contribution in [3.05, 3.63) is 59.6 Å². The van der Waals surface area contributed by atoms with Crippen LogP contribution in [0.25, 0.3) is 11.0 Å². The van der Waals surface area contributed by atoms with Crippen LogP contribution in [0.15, 0.2) is 47.0 Å². The molecule has 0 amide bonds. The number of carbonyl (C=O) groups excluding carboxylic acids is 2. The number of hydrogen-bond acceptors (Lipinski definition) is 5. The largest absolute Gasteiger partial charge is 0.451 e. The smallest absolute Gasteiger partial charge is 0.375 e. The van der Waals surface area contributed by atoms with Gasteiger partial charge in [0.15, 0.2) is 6.61 Å². The van der Waals surface area contributed by atoms with Gasteiger partial charge in [-0.2, -0.15) is 11.8 Å². The summed E-state index contributed by atoms with van der Waals surface area (Å²) in [6, 6.07) is 11.0. The van der Waals surface area contributed by atoms with E-state index in [1.165, 1.54) is 32.1 Å². The number of H-pyrrole nitrogens is 1. The number of para-hydroxylation sites is 1. The minimum atomic E-state index is -0.588. The Morgan fingerprint density at radius 3 is 2.71 bits per heavy atom. The number of esters is 1. The number of ketones is 1. The number of nitrogens with one attached hydrogen (secondary N) is 1. The molecule has 1 aromatic carbocycles. The third-order valence-corrected chi connectivity index (χ3v) is 6.53. The Balaban J connectivity index is 1.50. The van der Waals surface area contributed by atoms with Gasteiger partial charge in [0.2, 0.25) is 11.5 Å².